The van der Waals surface area contributed by atoms with Crippen LogP contribution < -0.4 is 33.0 Å². The third-order valence-electron chi connectivity index (χ3n) is 4.34. The van der Waals surface area contributed by atoms with Crippen molar-refractivity contribution in [3.63, 3.8) is 0 Å². The first-order valence-corrected chi connectivity index (χ1v) is 10.9. The number of nitrogen functional groups attached to an aromatic ring is 2. The van der Waals surface area contributed by atoms with Crippen LogP contribution in [0, 0.1) is 0 Å². The minimum absolute atomic E-state index is 0.0655. The Hall–Kier alpha value is -4.40. The summed E-state index contributed by atoms with van der Waals surface area (Å²) < 4.78 is 9.77. The van der Waals surface area contributed by atoms with Crippen LogP contribution in [-0.2, 0) is 19.1 Å². The van der Waals surface area contributed by atoms with Gasteiger partial charge < -0.3 is 31.6 Å². The van der Waals surface area contributed by atoms with E-state index in [1.165, 1.54) is 6.07 Å². The summed E-state index contributed by atoms with van der Waals surface area (Å²) in [5.41, 5.74) is 9.67. The molecule has 15 nitrogen and oxygen atoms in total. The van der Waals surface area contributed by atoms with Crippen LogP contribution >= 0.6 is 11.6 Å². The lowest BCUT2D eigenvalue weighted by molar-refractivity contribution is -0.146. The molecule has 0 saturated carbocycles. The van der Waals surface area contributed by atoms with E-state index in [9.17, 15) is 24.0 Å². The topological polar surface area (TPSA) is 234 Å². The third kappa shape index (κ3) is 7.83. The average molecular weight is 525 g/mol. The molecular weight excluding hydrogens is 500 g/mol. The number of ether oxygens (including phenoxy) is 2. The number of amides is 3. The zero-order valence-electron chi connectivity index (χ0n) is 19.3. The van der Waals surface area contributed by atoms with Gasteiger partial charge in [-0.2, -0.15) is 4.98 Å². The Bertz CT molecular complexity index is 1200. The third-order valence-corrected chi connectivity index (χ3v) is 4.63. The molecule has 0 fully saturated rings. The molecule has 1 atom stereocenters. The van der Waals surface area contributed by atoms with Crippen molar-refractivity contribution in [1.29, 1.82) is 0 Å². The summed E-state index contributed by atoms with van der Waals surface area (Å²) >= 11 is 6.14. The highest BCUT2D eigenvalue weighted by Crippen LogP contribution is 2.19. The molecule has 0 aliphatic rings. The zero-order chi connectivity index (χ0) is 26.8. The van der Waals surface area contributed by atoms with E-state index in [0.29, 0.717) is 0 Å². The Morgan fingerprint density at radius 2 is 1.83 bits per heavy atom. The molecule has 2 aromatic rings. The second kappa shape index (κ2) is 12.9. The van der Waals surface area contributed by atoms with Gasteiger partial charge in [0, 0.05) is 6.42 Å². The Morgan fingerprint density at radius 1 is 1.14 bits per heavy atom. The van der Waals surface area contributed by atoms with E-state index in [0.717, 1.165) is 6.20 Å². The van der Waals surface area contributed by atoms with E-state index in [-0.39, 0.29) is 59.9 Å². The monoisotopic (exact) mass is 524 g/mol. The number of nitrogens with one attached hydrogen (secondary N) is 4. The van der Waals surface area contributed by atoms with Crippen molar-refractivity contribution in [3.8, 4) is 0 Å². The highest BCUT2D eigenvalue weighted by Gasteiger charge is 2.25. The number of nitrogens with two attached hydrogens (primary N) is 2. The molecule has 0 radical (unpaired) electrons. The van der Waals surface area contributed by atoms with E-state index in [1.54, 1.807) is 13.8 Å². The normalized spacial score (nSPS) is 11.2. The summed E-state index contributed by atoms with van der Waals surface area (Å²) in [6, 6.07) is -0.814. The lowest BCUT2D eigenvalue weighted by Gasteiger charge is -2.17. The number of nitrogens with zero attached hydrogens (tertiary/aromatic N) is 2. The number of urea groups is 1. The predicted molar refractivity (Wildman–Crippen MR) is 129 cm³/mol. The number of carbonyl (C=O) groups is 4. The summed E-state index contributed by atoms with van der Waals surface area (Å²) in [6.45, 7) is 3.48. The molecule has 2 rings (SSSR count). The van der Waals surface area contributed by atoms with Crippen molar-refractivity contribution in [3.05, 3.63) is 33.3 Å². The standard InChI is InChI=1S/C20H25ClN8O7/c1-3-35-12(30)6-5-11(18(33)36-4-2)26-16(31)13-10(21)7-9(8-24-13)25-20(34)27-14-15(22)28-19(23)29-17(14)32/h7-8,11H,3-6H2,1-2H3,(H,26,31)(H2,25,27,34)(H5,22,23,28,29,32)/t11-/m0/s1. The summed E-state index contributed by atoms with van der Waals surface area (Å²) in [7, 11) is 0. The van der Waals surface area contributed by atoms with Gasteiger partial charge in [0.1, 0.15) is 11.7 Å². The maximum atomic E-state index is 12.7. The van der Waals surface area contributed by atoms with E-state index >= 15 is 0 Å². The van der Waals surface area contributed by atoms with Gasteiger partial charge >= 0.3 is 18.0 Å². The van der Waals surface area contributed by atoms with E-state index < -0.39 is 35.5 Å². The molecule has 2 aromatic heterocycles. The first-order valence-electron chi connectivity index (χ1n) is 10.6. The molecule has 194 valence electrons. The molecule has 3 amide bonds. The molecule has 36 heavy (non-hydrogen) atoms. The van der Waals surface area contributed by atoms with Crippen LogP contribution in [0.3, 0.4) is 0 Å². The molecule has 0 aromatic carbocycles. The Morgan fingerprint density at radius 3 is 2.44 bits per heavy atom. The van der Waals surface area contributed by atoms with Crippen molar-refractivity contribution in [2.24, 2.45) is 0 Å². The average Bonchev–Trinajstić information content (AvgIpc) is 2.79. The number of pyridine rings is 1. The predicted octanol–water partition coefficient (Wildman–Crippen LogP) is 0.632. The molecule has 2 heterocycles. The van der Waals surface area contributed by atoms with Gasteiger partial charge in [-0.15, -0.1) is 0 Å². The number of esters is 2. The summed E-state index contributed by atoms with van der Waals surface area (Å²) in [5.74, 6) is -2.62. The van der Waals surface area contributed by atoms with Crippen molar-refractivity contribution >= 4 is 58.6 Å². The number of rotatable bonds is 10. The fraction of sp³-hybridized carbons (Fsp3) is 0.350. The van der Waals surface area contributed by atoms with Crippen LogP contribution in [0.1, 0.15) is 37.2 Å². The zero-order valence-corrected chi connectivity index (χ0v) is 20.1. The highest BCUT2D eigenvalue weighted by molar-refractivity contribution is 6.33. The van der Waals surface area contributed by atoms with Crippen LogP contribution in [0.25, 0.3) is 0 Å². The number of aromatic amines is 1. The summed E-state index contributed by atoms with van der Waals surface area (Å²) in [4.78, 5) is 70.4. The van der Waals surface area contributed by atoms with Gasteiger partial charge in [-0.05, 0) is 26.3 Å². The number of hydrogen-bond acceptors (Lipinski definition) is 11. The molecule has 8 N–H and O–H groups in total. The minimum atomic E-state index is -1.15. The molecule has 0 bridgehead atoms. The molecule has 0 aliphatic heterocycles. The van der Waals surface area contributed by atoms with E-state index in [4.69, 9.17) is 32.5 Å². The van der Waals surface area contributed by atoms with Crippen molar-refractivity contribution in [2.75, 3.05) is 35.3 Å². The van der Waals surface area contributed by atoms with Crippen LogP contribution in [0.5, 0.6) is 0 Å². The number of carbonyl (C=O) groups excluding carboxylic acids is 4. The lowest BCUT2D eigenvalue weighted by atomic mass is 10.1. The van der Waals surface area contributed by atoms with E-state index in [2.05, 4.69) is 30.9 Å². The molecule has 16 heteroatoms. The molecule has 0 saturated heterocycles. The second-order valence-corrected chi connectivity index (χ2v) is 7.37. The van der Waals surface area contributed by atoms with Crippen molar-refractivity contribution in [1.82, 2.24) is 20.3 Å². The van der Waals surface area contributed by atoms with Crippen molar-refractivity contribution in [2.45, 2.75) is 32.7 Å². The summed E-state index contributed by atoms with van der Waals surface area (Å²) in [5, 5.41) is 6.85. The van der Waals surface area contributed by atoms with Crippen LogP contribution in [0.4, 0.5) is 27.9 Å². The fourth-order valence-corrected chi connectivity index (χ4v) is 3.04. The van der Waals surface area contributed by atoms with Gasteiger partial charge in [0.25, 0.3) is 11.5 Å². The van der Waals surface area contributed by atoms with Gasteiger partial charge in [-0.25, -0.2) is 14.6 Å². The number of halogens is 1. The SMILES string of the molecule is CCOC(=O)CC[C@H](NC(=O)c1ncc(NC(=O)Nc2c(N)nc(N)[nH]c2=O)cc1Cl)C(=O)OCC. The van der Waals surface area contributed by atoms with Gasteiger partial charge in [0.2, 0.25) is 5.95 Å². The minimum Gasteiger partial charge on any atom is -0.466 e. The summed E-state index contributed by atoms with van der Waals surface area (Å²) in [6.07, 6.45) is 0.921. The second-order valence-electron chi connectivity index (χ2n) is 6.97. The largest absolute Gasteiger partial charge is 0.466 e. The highest BCUT2D eigenvalue weighted by atomic mass is 35.5. The van der Waals surface area contributed by atoms with Crippen LogP contribution in [-0.4, -0.2) is 58.1 Å². The number of aromatic nitrogens is 3. The van der Waals surface area contributed by atoms with Gasteiger partial charge in [0.05, 0.1) is 30.1 Å². The quantitative estimate of drug-likeness (QED) is 0.236. The first-order chi connectivity index (χ1) is 17.0. The van der Waals surface area contributed by atoms with E-state index in [1.807, 2.05) is 0 Å². The lowest BCUT2D eigenvalue weighted by Crippen LogP contribution is -2.42. The number of H-pyrrole nitrogens is 1. The van der Waals surface area contributed by atoms with Crippen molar-refractivity contribution < 1.29 is 28.7 Å². The number of anilines is 4. The maximum Gasteiger partial charge on any atom is 0.328 e. The Labute approximate surface area is 209 Å². The van der Waals surface area contributed by atoms with Gasteiger partial charge in [0.15, 0.2) is 11.5 Å². The first kappa shape index (κ1) is 27.8. The fourth-order valence-electron chi connectivity index (χ4n) is 2.79. The Kier molecular flexibility index (Phi) is 9.97. The smallest absolute Gasteiger partial charge is 0.328 e. The Balaban J connectivity index is 2.09. The van der Waals surface area contributed by atoms with Gasteiger partial charge in [-0.1, -0.05) is 11.6 Å². The molecular formula is C20H25ClN8O7. The number of hydrogen-bond donors (Lipinski definition) is 6. The molecule has 0 spiro atoms. The van der Waals surface area contributed by atoms with Crippen LogP contribution in [0.2, 0.25) is 5.02 Å². The molecule has 0 aliphatic carbocycles. The molecule has 0 unspecified atom stereocenters. The maximum absolute atomic E-state index is 12.7. The van der Waals surface area contributed by atoms with Crippen LogP contribution in [0.15, 0.2) is 17.1 Å². The van der Waals surface area contributed by atoms with Gasteiger partial charge in [-0.3, -0.25) is 24.7 Å².